The summed E-state index contributed by atoms with van der Waals surface area (Å²) in [4.78, 5) is 0. The first-order chi connectivity index (χ1) is 5.88. The third-order valence-electron chi connectivity index (χ3n) is 1.91. The van der Waals surface area contributed by atoms with Gasteiger partial charge in [-0.1, -0.05) is 18.2 Å². The van der Waals surface area contributed by atoms with Crippen molar-refractivity contribution < 1.29 is 8.42 Å². The van der Waals surface area contributed by atoms with Gasteiger partial charge in [0.1, 0.15) is 0 Å². The lowest BCUT2D eigenvalue weighted by Crippen LogP contribution is -1.95. The number of hydrogen-bond acceptors (Lipinski definition) is 2. The van der Waals surface area contributed by atoms with E-state index in [0.717, 1.165) is 16.7 Å². The van der Waals surface area contributed by atoms with Gasteiger partial charge in [-0.15, -0.1) is 0 Å². The van der Waals surface area contributed by atoms with Crippen LogP contribution >= 0.6 is 10.7 Å². The van der Waals surface area contributed by atoms with Gasteiger partial charge < -0.3 is 0 Å². The van der Waals surface area contributed by atoms with E-state index in [1.54, 1.807) is 6.07 Å². The van der Waals surface area contributed by atoms with Crippen LogP contribution in [0.2, 0.25) is 0 Å². The van der Waals surface area contributed by atoms with Gasteiger partial charge in [0, 0.05) is 10.7 Å². The molecule has 0 aliphatic heterocycles. The molecule has 0 unspecified atom stereocenters. The first-order valence-electron chi connectivity index (χ1n) is 3.87. The van der Waals surface area contributed by atoms with E-state index in [4.69, 9.17) is 10.7 Å². The Labute approximate surface area is 83.0 Å². The monoisotopic (exact) mass is 218 g/mol. The van der Waals surface area contributed by atoms with Gasteiger partial charge in [-0.25, -0.2) is 8.42 Å². The Kier molecular flexibility index (Phi) is 2.98. The summed E-state index contributed by atoms with van der Waals surface area (Å²) in [5, 5.41) is 0. The Hall–Kier alpha value is -0.540. The van der Waals surface area contributed by atoms with Crippen LogP contribution in [0.3, 0.4) is 0 Å². The predicted molar refractivity (Wildman–Crippen MR) is 54.4 cm³/mol. The normalized spacial score (nSPS) is 11.6. The van der Waals surface area contributed by atoms with E-state index in [0.29, 0.717) is 0 Å². The molecule has 0 spiro atoms. The minimum atomic E-state index is -3.43. The van der Waals surface area contributed by atoms with Crippen LogP contribution < -0.4 is 0 Å². The number of aryl methyl sites for hydroxylation is 2. The van der Waals surface area contributed by atoms with Crippen LogP contribution in [0, 0.1) is 13.8 Å². The summed E-state index contributed by atoms with van der Waals surface area (Å²) in [7, 11) is 1.70. The van der Waals surface area contributed by atoms with Gasteiger partial charge in [0.25, 0.3) is 0 Å². The highest BCUT2D eigenvalue weighted by Gasteiger charge is 2.07. The third kappa shape index (κ3) is 3.36. The van der Waals surface area contributed by atoms with E-state index >= 15 is 0 Å². The van der Waals surface area contributed by atoms with Crippen LogP contribution in [-0.2, 0) is 14.8 Å². The first kappa shape index (κ1) is 10.5. The molecule has 0 bridgehead atoms. The molecule has 0 fully saturated rings. The first-order valence-corrected chi connectivity index (χ1v) is 6.35. The van der Waals surface area contributed by atoms with Crippen molar-refractivity contribution >= 4 is 19.7 Å². The molecule has 0 radical (unpaired) electrons. The Morgan fingerprint density at radius 2 is 1.85 bits per heavy atom. The zero-order valence-electron chi connectivity index (χ0n) is 7.54. The van der Waals surface area contributed by atoms with Crippen molar-refractivity contribution in [3.8, 4) is 0 Å². The molecular weight excluding hydrogens is 208 g/mol. The lowest BCUT2D eigenvalue weighted by molar-refractivity contribution is 0.609. The van der Waals surface area contributed by atoms with Crippen LogP contribution in [0.1, 0.15) is 16.7 Å². The minimum absolute atomic E-state index is 0.102. The molecule has 1 aromatic carbocycles. The van der Waals surface area contributed by atoms with Gasteiger partial charge in [0.05, 0.1) is 5.75 Å². The summed E-state index contributed by atoms with van der Waals surface area (Å²) >= 11 is 0. The van der Waals surface area contributed by atoms with Gasteiger partial charge in [-0.2, -0.15) is 0 Å². The third-order valence-corrected chi connectivity index (χ3v) is 2.92. The molecule has 0 aromatic heterocycles. The van der Waals surface area contributed by atoms with Crippen molar-refractivity contribution in [2.45, 2.75) is 19.6 Å². The van der Waals surface area contributed by atoms with Crippen molar-refractivity contribution in [2.75, 3.05) is 0 Å². The second-order valence-corrected chi connectivity index (χ2v) is 5.88. The van der Waals surface area contributed by atoms with E-state index < -0.39 is 9.05 Å². The number of hydrogen-bond donors (Lipinski definition) is 0. The van der Waals surface area contributed by atoms with Crippen LogP contribution in [0.5, 0.6) is 0 Å². The fourth-order valence-corrected chi connectivity index (χ4v) is 2.05. The van der Waals surface area contributed by atoms with E-state index in [1.807, 2.05) is 26.0 Å². The molecule has 1 aromatic rings. The van der Waals surface area contributed by atoms with Gasteiger partial charge in [-0.05, 0) is 30.5 Å². The summed E-state index contributed by atoms with van der Waals surface area (Å²) in [5.74, 6) is -0.102. The maximum Gasteiger partial charge on any atom is 0.236 e. The van der Waals surface area contributed by atoms with Crippen molar-refractivity contribution in [3.63, 3.8) is 0 Å². The van der Waals surface area contributed by atoms with Crippen molar-refractivity contribution in [3.05, 3.63) is 34.9 Å². The molecule has 4 heteroatoms. The molecular formula is C9H11ClO2S. The van der Waals surface area contributed by atoms with E-state index in [9.17, 15) is 8.42 Å². The summed E-state index contributed by atoms with van der Waals surface area (Å²) in [6.07, 6.45) is 0. The molecule has 0 aliphatic rings. The number of halogens is 1. The Morgan fingerprint density at radius 3 is 2.31 bits per heavy atom. The second kappa shape index (κ2) is 3.68. The highest BCUT2D eigenvalue weighted by atomic mass is 35.7. The maximum absolute atomic E-state index is 10.8. The zero-order valence-corrected chi connectivity index (χ0v) is 9.11. The van der Waals surface area contributed by atoms with Crippen LogP contribution in [0.4, 0.5) is 0 Å². The maximum atomic E-state index is 10.8. The molecule has 0 aliphatic carbocycles. The molecule has 0 atom stereocenters. The fraction of sp³-hybridized carbons (Fsp3) is 0.333. The molecule has 72 valence electrons. The smallest absolute Gasteiger partial charge is 0.212 e. The minimum Gasteiger partial charge on any atom is -0.212 e. The number of benzene rings is 1. The molecule has 0 N–H and O–H groups in total. The molecule has 0 heterocycles. The zero-order chi connectivity index (χ0) is 10.1. The van der Waals surface area contributed by atoms with Gasteiger partial charge >= 0.3 is 0 Å². The van der Waals surface area contributed by atoms with E-state index in [1.165, 1.54) is 0 Å². The molecule has 13 heavy (non-hydrogen) atoms. The largest absolute Gasteiger partial charge is 0.236 e. The summed E-state index contributed by atoms with van der Waals surface area (Å²) in [6, 6.07) is 5.52. The molecule has 0 amide bonds. The summed E-state index contributed by atoms with van der Waals surface area (Å²) in [6.45, 7) is 3.92. The van der Waals surface area contributed by atoms with Gasteiger partial charge in [-0.3, -0.25) is 0 Å². The van der Waals surface area contributed by atoms with E-state index in [-0.39, 0.29) is 5.75 Å². The van der Waals surface area contributed by atoms with Gasteiger partial charge in [0.2, 0.25) is 9.05 Å². The molecule has 0 saturated carbocycles. The highest BCUT2D eigenvalue weighted by molar-refractivity contribution is 8.13. The summed E-state index contributed by atoms with van der Waals surface area (Å²) in [5.41, 5.74) is 2.96. The quantitative estimate of drug-likeness (QED) is 0.715. The van der Waals surface area contributed by atoms with E-state index in [2.05, 4.69) is 0 Å². The standard InChI is InChI=1S/C9H11ClO2S/c1-7-3-4-9(5-8(7)2)6-13(10,11)12/h3-5H,6H2,1-2H3. The molecule has 1 rings (SSSR count). The van der Waals surface area contributed by atoms with Crippen LogP contribution in [0.25, 0.3) is 0 Å². The van der Waals surface area contributed by atoms with Crippen LogP contribution in [-0.4, -0.2) is 8.42 Å². The predicted octanol–water partition coefficient (Wildman–Crippen LogP) is 2.37. The Bertz CT molecular complexity index is 410. The average molecular weight is 219 g/mol. The Balaban J connectivity index is 2.99. The SMILES string of the molecule is Cc1ccc(CS(=O)(=O)Cl)cc1C. The highest BCUT2D eigenvalue weighted by Crippen LogP contribution is 2.14. The van der Waals surface area contributed by atoms with Crippen molar-refractivity contribution in [2.24, 2.45) is 0 Å². The van der Waals surface area contributed by atoms with Gasteiger partial charge in [0.15, 0.2) is 0 Å². The lowest BCUT2D eigenvalue weighted by atomic mass is 10.1. The molecule has 2 nitrogen and oxygen atoms in total. The van der Waals surface area contributed by atoms with Crippen molar-refractivity contribution in [1.29, 1.82) is 0 Å². The topological polar surface area (TPSA) is 34.1 Å². The fourth-order valence-electron chi connectivity index (χ4n) is 1.09. The van der Waals surface area contributed by atoms with Crippen molar-refractivity contribution in [1.82, 2.24) is 0 Å². The summed E-state index contributed by atoms with van der Waals surface area (Å²) < 4.78 is 21.5. The lowest BCUT2D eigenvalue weighted by Gasteiger charge is -2.02. The number of rotatable bonds is 2. The van der Waals surface area contributed by atoms with Crippen LogP contribution in [0.15, 0.2) is 18.2 Å². The average Bonchev–Trinajstić information content (AvgIpc) is 1.94. The second-order valence-electron chi connectivity index (χ2n) is 3.10. The molecule has 0 saturated heterocycles. The Morgan fingerprint density at radius 1 is 1.23 bits per heavy atom.